The van der Waals surface area contributed by atoms with Gasteiger partial charge < -0.3 is 5.11 Å². The summed E-state index contributed by atoms with van der Waals surface area (Å²) >= 11 is 0. The molecule has 1 nitrogen and oxygen atoms in total. The summed E-state index contributed by atoms with van der Waals surface area (Å²) < 4.78 is 0. The van der Waals surface area contributed by atoms with E-state index >= 15 is 0 Å². The molecular formula is C4H7O-. The Morgan fingerprint density at radius 2 is 2.00 bits per heavy atom. The van der Waals surface area contributed by atoms with Crippen LogP contribution in [-0.4, -0.2) is 0 Å². The fourth-order valence-electron chi connectivity index (χ4n) is 0. The fourth-order valence-corrected chi connectivity index (χ4v) is 0. The number of rotatable bonds is 0. The molecule has 0 saturated heterocycles. The van der Waals surface area contributed by atoms with Crippen molar-refractivity contribution in [3.05, 3.63) is 11.8 Å². The summed E-state index contributed by atoms with van der Waals surface area (Å²) in [5.74, 6) is 0.130. The molecule has 0 bridgehead atoms. The molecule has 0 atom stereocenters. The number of hydrogen-bond acceptors (Lipinski definition) is 1. The van der Waals surface area contributed by atoms with Crippen LogP contribution in [-0.2, 0) is 0 Å². The maximum Gasteiger partial charge on any atom is -0.0476 e. The SMILES string of the molecule is CC=C(C)[O-]. The van der Waals surface area contributed by atoms with Crippen LogP contribution in [0, 0.1) is 0 Å². The van der Waals surface area contributed by atoms with E-state index in [0.717, 1.165) is 0 Å². The van der Waals surface area contributed by atoms with E-state index in [1.165, 1.54) is 13.0 Å². The topological polar surface area (TPSA) is 23.1 Å². The summed E-state index contributed by atoms with van der Waals surface area (Å²) in [6.07, 6.45) is 1.53. The lowest BCUT2D eigenvalue weighted by Gasteiger charge is -1.96. The van der Waals surface area contributed by atoms with Gasteiger partial charge in [-0.25, -0.2) is 0 Å². The van der Waals surface area contributed by atoms with Gasteiger partial charge in [-0.1, -0.05) is 13.0 Å². The summed E-state index contributed by atoms with van der Waals surface area (Å²) in [5.41, 5.74) is 0. The third-order valence-electron chi connectivity index (χ3n) is 0.407. The summed E-state index contributed by atoms with van der Waals surface area (Å²) in [6, 6.07) is 0. The molecule has 0 amide bonds. The quantitative estimate of drug-likeness (QED) is 0.376. The Morgan fingerprint density at radius 1 is 1.80 bits per heavy atom. The predicted octanol–water partition coefficient (Wildman–Crippen LogP) is 0.270. The van der Waals surface area contributed by atoms with Crippen molar-refractivity contribution in [2.24, 2.45) is 0 Å². The van der Waals surface area contributed by atoms with E-state index in [-0.39, 0.29) is 5.76 Å². The minimum absolute atomic E-state index is 0.130. The summed E-state index contributed by atoms with van der Waals surface area (Å²) in [5, 5.41) is 9.76. The number of hydrogen-bond donors (Lipinski definition) is 0. The van der Waals surface area contributed by atoms with Gasteiger partial charge in [0, 0.05) is 0 Å². The fraction of sp³-hybridized carbons (Fsp3) is 0.500. The predicted molar refractivity (Wildman–Crippen MR) is 19.4 cm³/mol. The molecule has 0 aliphatic heterocycles. The van der Waals surface area contributed by atoms with Crippen LogP contribution < -0.4 is 5.11 Å². The Bertz CT molecular complexity index is 41.6. The molecule has 0 aromatic heterocycles. The minimum atomic E-state index is 0.130. The van der Waals surface area contributed by atoms with Crippen LogP contribution in [0.25, 0.3) is 0 Å². The summed E-state index contributed by atoms with van der Waals surface area (Å²) in [6.45, 7) is 3.25. The van der Waals surface area contributed by atoms with Gasteiger partial charge >= 0.3 is 0 Å². The van der Waals surface area contributed by atoms with Crippen molar-refractivity contribution in [2.75, 3.05) is 0 Å². The molecule has 0 radical (unpaired) electrons. The van der Waals surface area contributed by atoms with Crippen LogP contribution in [0.4, 0.5) is 0 Å². The van der Waals surface area contributed by atoms with Crippen molar-refractivity contribution in [2.45, 2.75) is 13.8 Å². The molecule has 1 heteroatoms. The van der Waals surface area contributed by atoms with Gasteiger partial charge in [0.25, 0.3) is 0 Å². The van der Waals surface area contributed by atoms with E-state index < -0.39 is 0 Å². The van der Waals surface area contributed by atoms with Crippen molar-refractivity contribution >= 4 is 0 Å². The normalized spacial score (nSPS) is 12.0. The van der Waals surface area contributed by atoms with Crippen molar-refractivity contribution in [3.63, 3.8) is 0 Å². The minimum Gasteiger partial charge on any atom is -0.876 e. The Kier molecular flexibility index (Phi) is 1.65. The summed E-state index contributed by atoms with van der Waals surface area (Å²) in [7, 11) is 0. The molecule has 0 saturated carbocycles. The zero-order valence-electron chi connectivity index (χ0n) is 3.49. The van der Waals surface area contributed by atoms with Gasteiger partial charge in [0.05, 0.1) is 0 Å². The second-order valence-corrected chi connectivity index (χ2v) is 0.899. The molecule has 0 aromatic rings. The average Bonchev–Trinajstić information content (AvgIpc) is 1.38. The smallest absolute Gasteiger partial charge is 0.0476 e. The lowest BCUT2D eigenvalue weighted by atomic mass is 10.5. The highest BCUT2D eigenvalue weighted by Crippen LogP contribution is 1.70. The average molecular weight is 71.1 g/mol. The van der Waals surface area contributed by atoms with Gasteiger partial charge in [-0.15, -0.1) is 5.76 Å². The van der Waals surface area contributed by atoms with Crippen LogP contribution in [0.1, 0.15) is 13.8 Å². The van der Waals surface area contributed by atoms with Crippen LogP contribution in [0.2, 0.25) is 0 Å². The van der Waals surface area contributed by atoms with Crippen LogP contribution in [0.3, 0.4) is 0 Å². The van der Waals surface area contributed by atoms with Gasteiger partial charge in [0.15, 0.2) is 0 Å². The third kappa shape index (κ3) is 3.54. The first-order chi connectivity index (χ1) is 2.27. The molecule has 0 rings (SSSR count). The van der Waals surface area contributed by atoms with Crippen molar-refractivity contribution in [3.8, 4) is 0 Å². The van der Waals surface area contributed by atoms with Gasteiger partial charge in [-0.2, -0.15) is 0 Å². The molecule has 0 aliphatic carbocycles. The highest BCUT2D eigenvalue weighted by Gasteiger charge is 1.48. The molecule has 0 aliphatic rings. The second-order valence-electron chi connectivity index (χ2n) is 0.899. The number of allylic oxidation sites excluding steroid dienone is 2. The molecule has 30 valence electrons. The second kappa shape index (κ2) is 1.82. The van der Waals surface area contributed by atoms with E-state index in [0.29, 0.717) is 0 Å². The Labute approximate surface area is 31.9 Å². The van der Waals surface area contributed by atoms with Crippen molar-refractivity contribution in [1.29, 1.82) is 0 Å². The van der Waals surface area contributed by atoms with E-state index in [2.05, 4.69) is 0 Å². The van der Waals surface area contributed by atoms with Crippen molar-refractivity contribution < 1.29 is 5.11 Å². The Hall–Kier alpha value is -0.460. The molecule has 0 fully saturated rings. The standard InChI is InChI=1S/C4H8O/c1-3-4(2)5/h3,5H,1-2H3/p-1. The lowest BCUT2D eigenvalue weighted by Crippen LogP contribution is -1.95. The van der Waals surface area contributed by atoms with Gasteiger partial charge in [-0.05, 0) is 6.92 Å². The van der Waals surface area contributed by atoms with Gasteiger partial charge in [-0.3, -0.25) is 0 Å². The molecule has 0 spiro atoms. The largest absolute Gasteiger partial charge is 0.876 e. The van der Waals surface area contributed by atoms with Gasteiger partial charge in [0.2, 0.25) is 0 Å². The van der Waals surface area contributed by atoms with E-state index in [1.54, 1.807) is 6.92 Å². The molecular weight excluding hydrogens is 64.0 g/mol. The first-order valence-corrected chi connectivity index (χ1v) is 1.57. The maximum absolute atomic E-state index is 9.76. The zero-order chi connectivity index (χ0) is 4.28. The lowest BCUT2D eigenvalue weighted by molar-refractivity contribution is -0.301. The maximum atomic E-state index is 9.76. The first kappa shape index (κ1) is 4.54. The summed E-state index contributed by atoms with van der Waals surface area (Å²) in [4.78, 5) is 0. The van der Waals surface area contributed by atoms with E-state index in [9.17, 15) is 5.11 Å². The molecule has 0 N–H and O–H groups in total. The highest BCUT2D eigenvalue weighted by molar-refractivity contribution is 4.77. The zero-order valence-corrected chi connectivity index (χ0v) is 3.49. The van der Waals surface area contributed by atoms with Crippen LogP contribution >= 0.6 is 0 Å². The van der Waals surface area contributed by atoms with E-state index in [1.807, 2.05) is 0 Å². The van der Waals surface area contributed by atoms with Crippen LogP contribution in [0.5, 0.6) is 0 Å². The molecule has 0 heterocycles. The Balaban J connectivity index is 3.14. The molecule has 0 unspecified atom stereocenters. The van der Waals surface area contributed by atoms with E-state index in [4.69, 9.17) is 0 Å². The molecule has 5 heavy (non-hydrogen) atoms. The van der Waals surface area contributed by atoms with Gasteiger partial charge in [0.1, 0.15) is 0 Å². The van der Waals surface area contributed by atoms with Crippen LogP contribution in [0.15, 0.2) is 11.8 Å². The monoisotopic (exact) mass is 71.1 g/mol. The Morgan fingerprint density at radius 3 is 2.00 bits per heavy atom. The molecule has 0 aromatic carbocycles. The first-order valence-electron chi connectivity index (χ1n) is 1.57. The third-order valence-corrected chi connectivity index (χ3v) is 0.407. The highest BCUT2D eigenvalue weighted by atomic mass is 16.3. The van der Waals surface area contributed by atoms with Crippen molar-refractivity contribution in [1.82, 2.24) is 0 Å².